The molecule has 2 N–H and O–H groups in total. The number of nitrogens with zero attached hydrogens (tertiary/aromatic N) is 1. The van der Waals surface area contributed by atoms with E-state index in [4.69, 9.17) is 4.74 Å². The SMILES string of the molecule is COC(CNC(=O)NC1CCN(Cc2ccccc2C)CC1)c1ccccc1. The number of carbonyl (C=O) groups is 1. The van der Waals surface area contributed by atoms with Crippen molar-refractivity contribution in [3.8, 4) is 0 Å². The van der Waals surface area contributed by atoms with Crippen molar-refractivity contribution in [3.63, 3.8) is 0 Å². The van der Waals surface area contributed by atoms with Crippen molar-refractivity contribution in [1.29, 1.82) is 0 Å². The second-order valence-electron chi connectivity index (χ2n) is 7.47. The first kappa shape index (κ1) is 20.4. The molecule has 0 saturated carbocycles. The maximum Gasteiger partial charge on any atom is 0.315 e. The summed E-state index contributed by atoms with van der Waals surface area (Å²) in [5.74, 6) is 0. The van der Waals surface area contributed by atoms with E-state index < -0.39 is 0 Å². The maximum absolute atomic E-state index is 12.3. The third kappa shape index (κ3) is 5.81. The number of amides is 2. The fourth-order valence-electron chi connectivity index (χ4n) is 3.69. The summed E-state index contributed by atoms with van der Waals surface area (Å²) in [7, 11) is 1.67. The van der Waals surface area contributed by atoms with Crippen molar-refractivity contribution < 1.29 is 9.53 Å². The third-order valence-electron chi connectivity index (χ3n) is 5.48. The average Bonchev–Trinajstić information content (AvgIpc) is 2.72. The molecular formula is C23H31N3O2. The highest BCUT2D eigenvalue weighted by Crippen LogP contribution is 2.17. The number of ether oxygens (including phenoxy) is 1. The van der Waals surface area contributed by atoms with Crippen LogP contribution >= 0.6 is 0 Å². The van der Waals surface area contributed by atoms with Crippen LogP contribution < -0.4 is 10.6 Å². The normalized spacial score (nSPS) is 16.5. The van der Waals surface area contributed by atoms with Crippen LogP contribution in [0.5, 0.6) is 0 Å². The third-order valence-corrected chi connectivity index (χ3v) is 5.48. The molecule has 1 aliphatic heterocycles. The van der Waals surface area contributed by atoms with Gasteiger partial charge in [-0.2, -0.15) is 0 Å². The topological polar surface area (TPSA) is 53.6 Å². The molecule has 1 fully saturated rings. The van der Waals surface area contributed by atoms with E-state index in [0.29, 0.717) is 6.54 Å². The summed E-state index contributed by atoms with van der Waals surface area (Å²) in [5, 5.41) is 6.06. The first-order valence-corrected chi connectivity index (χ1v) is 10.0. The Labute approximate surface area is 168 Å². The molecule has 1 saturated heterocycles. The number of likely N-dealkylation sites (tertiary alicyclic amines) is 1. The number of piperidine rings is 1. The summed E-state index contributed by atoms with van der Waals surface area (Å²) in [4.78, 5) is 14.8. The van der Waals surface area contributed by atoms with Crippen molar-refractivity contribution in [2.45, 2.75) is 38.5 Å². The van der Waals surface area contributed by atoms with Gasteiger partial charge in [-0.25, -0.2) is 4.79 Å². The molecule has 0 spiro atoms. The average molecular weight is 382 g/mol. The van der Waals surface area contributed by atoms with Gasteiger partial charge in [0.25, 0.3) is 0 Å². The predicted molar refractivity (Wildman–Crippen MR) is 112 cm³/mol. The lowest BCUT2D eigenvalue weighted by Crippen LogP contribution is -2.48. The molecule has 1 heterocycles. The van der Waals surface area contributed by atoms with E-state index in [1.165, 1.54) is 11.1 Å². The minimum Gasteiger partial charge on any atom is -0.375 e. The van der Waals surface area contributed by atoms with Gasteiger partial charge in [-0.15, -0.1) is 0 Å². The minimum absolute atomic E-state index is 0.115. The summed E-state index contributed by atoms with van der Waals surface area (Å²) < 4.78 is 5.51. The zero-order chi connectivity index (χ0) is 19.8. The van der Waals surface area contributed by atoms with Gasteiger partial charge in [0.15, 0.2) is 0 Å². The molecule has 0 radical (unpaired) electrons. The second kappa shape index (κ2) is 10.2. The molecule has 2 aromatic rings. The van der Waals surface area contributed by atoms with Gasteiger partial charge in [-0.1, -0.05) is 54.6 Å². The molecule has 28 heavy (non-hydrogen) atoms. The highest BCUT2D eigenvalue weighted by molar-refractivity contribution is 5.74. The van der Waals surface area contributed by atoms with E-state index in [0.717, 1.165) is 38.0 Å². The lowest BCUT2D eigenvalue weighted by atomic mass is 10.0. The molecule has 2 aromatic carbocycles. The Hall–Kier alpha value is -2.37. The molecule has 5 nitrogen and oxygen atoms in total. The van der Waals surface area contributed by atoms with Crippen molar-refractivity contribution in [2.75, 3.05) is 26.7 Å². The Morgan fingerprint density at radius 2 is 1.79 bits per heavy atom. The van der Waals surface area contributed by atoms with Gasteiger partial charge >= 0.3 is 6.03 Å². The molecule has 1 atom stereocenters. The molecule has 1 unspecified atom stereocenters. The molecule has 5 heteroatoms. The lowest BCUT2D eigenvalue weighted by molar-refractivity contribution is 0.103. The summed E-state index contributed by atoms with van der Waals surface area (Å²) in [6, 6.07) is 18.6. The van der Waals surface area contributed by atoms with Crippen LogP contribution in [0, 0.1) is 6.92 Å². The second-order valence-corrected chi connectivity index (χ2v) is 7.47. The Morgan fingerprint density at radius 1 is 1.11 bits per heavy atom. The minimum atomic E-state index is -0.136. The number of carbonyl (C=O) groups excluding carboxylic acids is 1. The number of aryl methyl sites for hydroxylation is 1. The van der Waals surface area contributed by atoms with Gasteiger partial charge in [0, 0.05) is 39.3 Å². The Balaban J connectivity index is 1.39. The van der Waals surface area contributed by atoms with Crippen molar-refractivity contribution in [3.05, 3.63) is 71.3 Å². The highest BCUT2D eigenvalue weighted by Gasteiger charge is 2.21. The number of methoxy groups -OCH3 is 1. The van der Waals surface area contributed by atoms with Crippen LogP contribution in [0.3, 0.4) is 0 Å². The van der Waals surface area contributed by atoms with Crippen molar-refractivity contribution in [2.24, 2.45) is 0 Å². The number of urea groups is 1. The highest BCUT2D eigenvalue weighted by atomic mass is 16.5. The largest absolute Gasteiger partial charge is 0.375 e. The van der Waals surface area contributed by atoms with Crippen LogP contribution in [0.15, 0.2) is 54.6 Å². The van der Waals surface area contributed by atoms with Crippen LogP contribution in [0.1, 0.15) is 35.6 Å². The van der Waals surface area contributed by atoms with Crippen LogP contribution in [-0.2, 0) is 11.3 Å². The van der Waals surface area contributed by atoms with Gasteiger partial charge in [0.2, 0.25) is 0 Å². The molecule has 0 aromatic heterocycles. The van der Waals surface area contributed by atoms with Gasteiger partial charge in [0.1, 0.15) is 0 Å². The van der Waals surface area contributed by atoms with Gasteiger partial charge in [0.05, 0.1) is 6.10 Å². The standard InChI is InChI=1S/C23H31N3O2/c1-18-8-6-7-11-20(18)17-26-14-12-21(13-15-26)25-23(27)24-16-22(28-2)19-9-4-3-5-10-19/h3-11,21-22H,12-17H2,1-2H3,(H2,24,25,27). The van der Waals surface area contributed by atoms with Gasteiger partial charge < -0.3 is 15.4 Å². The smallest absolute Gasteiger partial charge is 0.315 e. The summed E-state index contributed by atoms with van der Waals surface area (Å²) >= 11 is 0. The monoisotopic (exact) mass is 381 g/mol. The van der Waals surface area contributed by atoms with Crippen molar-refractivity contribution >= 4 is 6.03 Å². The van der Waals surface area contributed by atoms with Crippen LogP contribution in [-0.4, -0.2) is 43.7 Å². The summed E-state index contributed by atoms with van der Waals surface area (Å²) in [6.07, 6.45) is 1.82. The van der Waals surface area contributed by atoms with Gasteiger partial charge in [-0.05, 0) is 36.5 Å². The van der Waals surface area contributed by atoms with Crippen LogP contribution in [0.2, 0.25) is 0 Å². The quantitative estimate of drug-likeness (QED) is 0.770. The molecule has 0 aliphatic carbocycles. The van der Waals surface area contributed by atoms with E-state index in [2.05, 4.69) is 46.7 Å². The fourth-order valence-corrected chi connectivity index (χ4v) is 3.69. The number of benzene rings is 2. The molecule has 2 amide bonds. The Kier molecular flexibility index (Phi) is 7.46. The summed E-state index contributed by atoms with van der Waals surface area (Å²) in [6.45, 7) is 5.61. The molecule has 150 valence electrons. The molecule has 0 bridgehead atoms. The number of hydrogen-bond acceptors (Lipinski definition) is 3. The molecular weight excluding hydrogens is 350 g/mol. The fraction of sp³-hybridized carbons (Fsp3) is 0.435. The summed E-state index contributed by atoms with van der Waals surface area (Å²) in [5.41, 5.74) is 3.79. The van der Waals surface area contributed by atoms with Crippen molar-refractivity contribution in [1.82, 2.24) is 15.5 Å². The van der Waals surface area contributed by atoms with E-state index in [1.54, 1.807) is 7.11 Å². The molecule has 3 rings (SSSR count). The van der Waals surface area contributed by atoms with Crippen LogP contribution in [0.25, 0.3) is 0 Å². The maximum atomic E-state index is 12.3. The number of hydrogen-bond donors (Lipinski definition) is 2. The van der Waals surface area contributed by atoms with E-state index in [1.807, 2.05) is 30.3 Å². The zero-order valence-corrected chi connectivity index (χ0v) is 16.9. The van der Waals surface area contributed by atoms with Gasteiger partial charge in [-0.3, -0.25) is 4.90 Å². The first-order valence-electron chi connectivity index (χ1n) is 10.0. The number of rotatable bonds is 7. The molecule has 1 aliphatic rings. The first-order chi connectivity index (χ1) is 13.7. The van der Waals surface area contributed by atoms with Crippen LogP contribution in [0.4, 0.5) is 4.79 Å². The van der Waals surface area contributed by atoms with E-state index >= 15 is 0 Å². The van der Waals surface area contributed by atoms with E-state index in [-0.39, 0.29) is 18.2 Å². The predicted octanol–water partition coefficient (Wildman–Crippen LogP) is 3.65. The zero-order valence-electron chi connectivity index (χ0n) is 16.9. The van der Waals surface area contributed by atoms with E-state index in [9.17, 15) is 4.79 Å². The number of nitrogens with one attached hydrogen (secondary N) is 2. The lowest BCUT2D eigenvalue weighted by Gasteiger charge is -2.32. The Morgan fingerprint density at radius 3 is 2.46 bits per heavy atom. The Bertz CT molecular complexity index is 743.